The molecule has 130 valence electrons. The Balaban J connectivity index is 0.00000208. The summed E-state index contributed by atoms with van der Waals surface area (Å²) in [5, 5.41) is 5.28. The second kappa shape index (κ2) is 8.05. The molecule has 1 aliphatic carbocycles. The average molecular weight is 370 g/mol. The summed E-state index contributed by atoms with van der Waals surface area (Å²) >= 11 is 1.37. The summed E-state index contributed by atoms with van der Waals surface area (Å²) in [6.07, 6.45) is 3.58. The molecule has 2 atom stereocenters. The number of nitrogens with one attached hydrogen (secondary N) is 1. The molecule has 0 radical (unpaired) electrons. The number of hydrogen-bond donors (Lipinski definition) is 2. The van der Waals surface area contributed by atoms with E-state index >= 15 is 0 Å². The summed E-state index contributed by atoms with van der Waals surface area (Å²) in [5.41, 5.74) is 8.17. The third-order valence-electron chi connectivity index (χ3n) is 4.37. The number of benzene rings is 1. The average Bonchev–Trinajstić information content (AvgIpc) is 3.12. The molecule has 0 bridgehead atoms. The number of carbonyl (C=O) groups is 1. The lowest BCUT2D eigenvalue weighted by molar-refractivity contribution is -0.117. The highest BCUT2D eigenvalue weighted by atomic mass is 35.5. The lowest BCUT2D eigenvalue weighted by Crippen LogP contribution is -2.28. The van der Waals surface area contributed by atoms with Crippen molar-refractivity contribution in [2.45, 2.75) is 38.6 Å². The van der Waals surface area contributed by atoms with Crippen molar-refractivity contribution in [3.8, 4) is 11.3 Å². The number of rotatable bonds is 4. The highest BCUT2D eigenvalue weighted by molar-refractivity contribution is 7.14. The molecule has 1 heterocycles. The predicted molar refractivity (Wildman–Crippen MR) is 98.1 cm³/mol. The summed E-state index contributed by atoms with van der Waals surface area (Å²) < 4.78 is 13.3. The van der Waals surface area contributed by atoms with Gasteiger partial charge < -0.3 is 11.1 Å². The van der Waals surface area contributed by atoms with Crippen LogP contribution >= 0.6 is 23.7 Å². The molecule has 0 unspecified atom stereocenters. The van der Waals surface area contributed by atoms with Crippen molar-refractivity contribution in [3.05, 3.63) is 35.0 Å². The number of thiazole rings is 1. The molecule has 1 amide bonds. The third-order valence-corrected chi connectivity index (χ3v) is 5.13. The van der Waals surface area contributed by atoms with Crippen molar-refractivity contribution in [2.24, 2.45) is 11.7 Å². The Kier molecular flexibility index (Phi) is 6.32. The predicted octanol–water partition coefficient (Wildman–Crippen LogP) is 4.14. The van der Waals surface area contributed by atoms with Crippen molar-refractivity contribution >= 4 is 34.8 Å². The van der Waals surface area contributed by atoms with Crippen LogP contribution in [0.4, 0.5) is 9.52 Å². The quantitative estimate of drug-likeness (QED) is 0.851. The molecule has 24 heavy (non-hydrogen) atoms. The summed E-state index contributed by atoms with van der Waals surface area (Å²) in [6.45, 7) is 1.72. The summed E-state index contributed by atoms with van der Waals surface area (Å²) in [7, 11) is 0. The molecule has 0 saturated heterocycles. The van der Waals surface area contributed by atoms with E-state index in [1.165, 1.54) is 17.4 Å². The Labute approximate surface area is 151 Å². The zero-order valence-corrected chi connectivity index (χ0v) is 15.1. The van der Waals surface area contributed by atoms with Crippen LogP contribution in [0.2, 0.25) is 0 Å². The van der Waals surface area contributed by atoms with Crippen LogP contribution < -0.4 is 11.1 Å². The van der Waals surface area contributed by atoms with Crippen LogP contribution in [-0.4, -0.2) is 16.9 Å². The zero-order chi connectivity index (χ0) is 16.4. The van der Waals surface area contributed by atoms with Gasteiger partial charge in [-0.2, -0.15) is 0 Å². The maximum absolute atomic E-state index is 13.3. The molecule has 2 aromatic rings. The van der Waals surface area contributed by atoms with Gasteiger partial charge in [-0.15, -0.1) is 23.7 Å². The number of halogens is 2. The minimum absolute atomic E-state index is 0. The SMILES string of the molecule is Cc1cc(-c2csc(NC(=O)C[C@@H]3CCC[C@H]3N)n2)ccc1F.Cl. The maximum atomic E-state index is 13.3. The fraction of sp³-hybridized carbons (Fsp3) is 0.412. The van der Waals surface area contributed by atoms with E-state index in [1.807, 2.05) is 5.38 Å². The molecule has 0 aliphatic heterocycles. The molecule has 7 heteroatoms. The lowest BCUT2D eigenvalue weighted by Gasteiger charge is -2.13. The van der Waals surface area contributed by atoms with Crippen molar-refractivity contribution in [2.75, 3.05) is 5.32 Å². The number of aryl methyl sites for hydroxylation is 1. The molecule has 1 fully saturated rings. The normalized spacial score (nSPS) is 19.8. The van der Waals surface area contributed by atoms with Gasteiger partial charge in [0.2, 0.25) is 5.91 Å². The van der Waals surface area contributed by atoms with Crippen LogP contribution in [-0.2, 0) is 4.79 Å². The molecule has 3 N–H and O–H groups in total. The van der Waals surface area contributed by atoms with Gasteiger partial charge in [-0.1, -0.05) is 6.42 Å². The van der Waals surface area contributed by atoms with E-state index in [0.717, 1.165) is 30.5 Å². The van der Waals surface area contributed by atoms with Gasteiger partial charge in [-0.25, -0.2) is 9.37 Å². The Morgan fingerprint density at radius 3 is 2.92 bits per heavy atom. The van der Waals surface area contributed by atoms with E-state index in [9.17, 15) is 9.18 Å². The number of nitrogens with two attached hydrogens (primary N) is 1. The van der Waals surface area contributed by atoms with Crippen LogP contribution in [0, 0.1) is 18.7 Å². The third kappa shape index (κ3) is 4.32. The Hall–Kier alpha value is -1.50. The number of anilines is 1. The fourth-order valence-electron chi connectivity index (χ4n) is 3.00. The van der Waals surface area contributed by atoms with Crippen LogP contribution in [0.25, 0.3) is 11.3 Å². The Morgan fingerprint density at radius 2 is 2.25 bits per heavy atom. The molecule has 0 spiro atoms. The van der Waals surface area contributed by atoms with E-state index < -0.39 is 0 Å². The van der Waals surface area contributed by atoms with E-state index in [1.54, 1.807) is 19.1 Å². The Bertz CT molecular complexity index is 722. The van der Waals surface area contributed by atoms with Crippen molar-refractivity contribution < 1.29 is 9.18 Å². The molecular formula is C17H21ClFN3OS. The second-order valence-electron chi connectivity index (χ2n) is 6.11. The van der Waals surface area contributed by atoms with Crippen molar-refractivity contribution in [3.63, 3.8) is 0 Å². The highest BCUT2D eigenvalue weighted by Gasteiger charge is 2.26. The van der Waals surface area contributed by atoms with Crippen molar-refractivity contribution in [1.82, 2.24) is 4.98 Å². The van der Waals surface area contributed by atoms with Crippen LogP contribution in [0.15, 0.2) is 23.6 Å². The monoisotopic (exact) mass is 369 g/mol. The second-order valence-corrected chi connectivity index (χ2v) is 6.97. The van der Waals surface area contributed by atoms with Crippen LogP contribution in [0.5, 0.6) is 0 Å². The van der Waals surface area contributed by atoms with E-state index in [-0.39, 0.29) is 36.1 Å². The molecular weight excluding hydrogens is 349 g/mol. The number of amides is 1. The van der Waals surface area contributed by atoms with Crippen LogP contribution in [0.1, 0.15) is 31.2 Å². The number of carbonyl (C=O) groups excluding carboxylic acids is 1. The number of hydrogen-bond acceptors (Lipinski definition) is 4. The van der Waals surface area contributed by atoms with Crippen LogP contribution in [0.3, 0.4) is 0 Å². The summed E-state index contributed by atoms with van der Waals surface area (Å²) in [5.74, 6) is 0.00289. The first-order valence-corrected chi connectivity index (χ1v) is 8.68. The van der Waals surface area contributed by atoms with Gasteiger partial charge in [0.25, 0.3) is 0 Å². The van der Waals surface area contributed by atoms with Gasteiger partial charge in [-0.3, -0.25) is 4.79 Å². The van der Waals surface area contributed by atoms with Gasteiger partial charge in [0.15, 0.2) is 5.13 Å². The van der Waals surface area contributed by atoms with Gasteiger partial charge in [0.05, 0.1) is 5.69 Å². The van der Waals surface area contributed by atoms with Gasteiger partial charge in [0, 0.05) is 23.4 Å². The fourth-order valence-corrected chi connectivity index (χ4v) is 3.73. The topological polar surface area (TPSA) is 68.0 Å². The molecule has 1 aromatic carbocycles. The Morgan fingerprint density at radius 1 is 1.46 bits per heavy atom. The van der Waals surface area contributed by atoms with Gasteiger partial charge in [-0.05, 0) is 49.4 Å². The van der Waals surface area contributed by atoms with E-state index in [0.29, 0.717) is 17.1 Å². The van der Waals surface area contributed by atoms with E-state index in [4.69, 9.17) is 5.73 Å². The molecule has 1 saturated carbocycles. The minimum Gasteiger partial charge on any atom is -0.327 e. The number of nitrogens with zero attached hydrogens (tertiary/aromatic N) is 1. The molecule has 1 aromatic heterocycles. The van der Waals surface area contributed by atoms with Gasteiger partial charge in [0.1, 0.15) is 5.82 Å². The zero-order valence-electron chi connectivity index (χ0n) is 13.4. The summed E-state index contributed by atoms with van der Waals surface area (Å²) in [6, 6.07) is 5.02. The first-order chi connectivity index (χ1) is 11.0. The standard InChI is InChI=1S/C17H20FN3OS.ClH/c1-10-7-12(5-6-13(10)18)15-9-23-17(20-15)21-16(22)8-11-3-2-4-14(11)19;/h5-7,9,11,14H,2-4,8,19H2,1H3,(H,20,21,22);1H/t11-,14+;/m0./s1. The maximum Gasteiger partial charge on any atom is 0.226 e. The minimum atomic E-state index is -0.231. The lowest BCUT2D eigenvalue weighted by atomic mass is 10.00. The number of aromatic nitrogens is 1. The first-order valence-electron chi connectivity index (χ1n) is 7.80. The largest absolute Gasteiger partial charge is 0.327 e. The molecule has 1 aliphatic rings. The highest BCUT2D eigenvalue weighted by Crippen LogP contribution is 2.29. The smallest absolute Gasteiger partial charge is 0.226 e. The van der Waals surface area contributed by atoms with Crippen molar-refractivity contribution in [1.29, 1.82) is 0 Å². The van der Waals surface area contributed by atoms with Gasteiger partial charge >= 0.3 is 0 Å². The van der Waals surface area contributed by atoms with E-state index in [2.05, 4.69) is 10.3 Å². The molecule has 4 nitrogen and oxygen atoms in total. The first kappa shape index (κ1) is 18.8. The summed E-state index contributed by atoms with van der Waals surface area (Å²) in [4.78, 5) is 16.5. The molecule has 3 rings (SSSR count).